The highest BCUT2D eigenvalue weighted by Crippen LogP contribution is 2.64. The van der Waals surface area contributed by atoms with Crippen LogP contribution in [0.2, 0.25) is 0 Å². The van der Waals surface area contributed by atoms with Crippen molar-refractivity contribution in [2.24, 2.45) is 46.3 Å². The molecule has 8 atom stereocenters. The fourth-order valence-corrected chi connectivity index (χ4v) is 6.72. The molecule has 0 aromatic heterocycles. The number of hydrogen-bond donors (Lipinski definition) is 0. The van der Waals surface area contributed by atoms with Gasteiger partial charge in [0.15, 0.2) is 0 Å². The second-order valence-electron chi connectivity index (χ2n) is 11.0. The van der Waals surface area contributed by atoms with Crippen molar-refractivity contribution in [1.29, 1.82) is 0 Å². The van der Waals surface area contributed by atoms with Crippen LogP contribution in [0, 0.1) is 46.3 Å². The lowest BCUT2D eigenvalue weighted by Gasteiger charge is -2.32. The highest BCUT2D eigenvalue weighted by atomic mass is 16.5. The molecule has 0 radical (unpaired) electrons. The predicted octanol–water partition coefficient (Wildman–Crippen LogP) is 6.32. The molecule has 24 heavy (non-hydrogen) atoms. The minimum atomic E-state index is 0.726. The first-order valence-electron chi connectivity index (χ1n) is 11.0. The molecule has 0 N–H and O–H groups in total. The Labute approximate surface area is 150 Å². The second-order valence-corrected chi connectivity index (χ2v) is 11.0. The van der Waals surface area contributed by atoms with E-state index in [9.17, 15) is 0 Å². The lowest BCUT2D eigenvalue weighted by molar-refractivity contribution is 0.0495. The number of hydrogen-bond acceptors (Lipinski definition) is 1. The summed E-state index contributed by atoms with van der Waals surface area (Å²) < 4.78 is 6.10. The van der Waals surface area contributed by atoms with Crippen LogP contribution in [-0.4, -0.2) is 13.2 Å². The summed E-state index contributed by atoms with van der Waals surface area (Å²) in [5, 5.41) is 0. The molecule has 8 unspecified atom stereocenters. The molecule has 1 heteroatoms. The zero-order valence-corrected chi connectivity index (χ0v) is 16.7. The fraction of sp³-hybridized carbons (Fsp3) is 1.00. The van der Waals surface area contributed by atoms with Gasteiger partial charge in [-0.1, -0.05) is 40.5 Å². The molecule has 4 aliphatic rings. The summed E-state index contributed by atoms with van der Waals surface area (Å²) in [7, 11) is 0. The number of ether oxygens (including phenoxy) is 1. The van der Waals surface area contributed by atoms with Crippen LogP contribution in [0.4, 0.5) is 0 Å². The van der Waals surface area contributed by atoms with Crippen LogP contribution in [0.5, 0.6) is 0 Å². The van der Waals surface area contributed by atoms with E-state index in [1.165, 1.54) is 57.8 Å². The van der Waals surface area contributed by atoms with Gasteiger partial charge in [0, 0.05) is 13.2 Å². The van der Waals surface area contributed by atoms with Crippen LogP contribution in [-0.2, 0) is 4.74 Å². The Morgan fingerprint density at radius 1 is 0.792 bits per heavy atom. The van der Waals surface area contributed by atoms with Gasteiger partial charge in [0.25, 0.3) is 0 Å². The molecule has 4 aliphatic carbocycles. The smallest absolute Gasteiger partial charge is 0.0496 e. The summed E-state index contributed by atoms with van der Waals surface area (Å²) in [4.78, 5) is 0. The fourth-order valence-electron chi connectivity index (χ4n) is 6.72. The lowest BCUT2D eigenvalue weighted by atomic mass is 9.73. The Morgan fingerprint density at radius 2 is 1.38 bits per heavy atom. The largest absolute Gasteiger partial charge is 0.381 e. The highest BCUT2D eigenvalue weighted by Gasteiger charge is 2.55. The van der Waals surface area contributed by atoms with Crippen molar-refractivity contribution in [2.45, 2.75) is 85.5 Å². The molecule has 0 bridgehead atoms. The normalized spacial score (nSPS) is 52.5. The number of rotatable bonds is 7. The van der Waals surface area contributed by atoms with Crippen LogP contribution in [0.1, 0.15) is 85.5 Å². The van der Waals surface area contributed by atoms with Gasteiger partial charge in [0.2, 0.25) is 0 Å². The van der Waals surface area contributed by atoms with Crippen LogP contribution in [0.3, 0.4) is 0 Å². The summed E-state index contributed by atoms with van der Waals surface area (Å²) in [6, 6.07) is 0. The van der Waals surface area contributed by atoms with E-state index in [0.717, 1.165) is 59.6 Å². The average molecular weight is 333 g/mol. The average Bonchev–Trinajstić information content (AvgIpc) is 3.35. The highest BCUT2D eigenvalue weighted by molar-refractivity contribution is 5.05. The molecule has 0 spiro atoms. The first-order chi connectivity index (χ1) is 11.4. The molecule has 0 aromatic carbocycles. The van der Waals surface area contributed by atoms with Crippen LogP contribution >= 0.6 is 0 Å². The Kier molecular flexibility index (Phi) is 4.55. The summed E-state index contributed by atoms with van der Waals surface area (Å²) in [5.74, 6) is 5.81. The monoisotopic (exact) mass is 332 g/mol. The van der Waals surface area contributed by atoms with E-state index in [1.54, 1.807) is 0 Å². The van der Waals surface area contributed by atoms with Gasteiger partial charge < -0.3 is 4.74 Å². The van der Waals surface area contributed by atoms with Crippen molar-refractivity contribution < 1.29 is 4.74 Å². The van der Waals surface area contributed by atoms with Crippen molar-refractivity contribution in [1.82, 2.24) is 0 Å². The predicted molar refractivity (Wildman–Crippen MR) is 101 cm³/mol. The zero-order chi connectivity index (χ0) is 16.9. The van der Waals surface area contributed by atoms with Gasteiger partial charge in [-0.2, -0.15) is 0 Å². The lowest BCUT2D eigenvalue weighted by Crippen LogP contribution is -2.26. The van der Waals surface area contributed by atoms with E-state index < -0.39 is 0 Å². The first-order valence-corrected chi connectivity index (χ1v) is 11.0. The van der Waals surface area contributed by atoms with E-state index in [-0.39, 0.29) is 0 Å². The van der Waals surface area contributed by atoms with Crippen LogP contribution < -0.4 is 0 Å². The molecule has 0 amide bonds. The first kappa shape index (κ1) is 17.4. The summed E-state index contributed by atoms with van der Waals surface area (Å²) in [5.41, 5.74) is 1.48. The van der Waals surface area contributed by atoms with Crippen molar-refractivity contribution in [3.8, 4) is 0 Å². The molecular formula is C23H40O. The number of unbranched alkanes of at least 4 members (excludes halogenated alkanes) is 1. The second kappa shape index (κ2) is 6.29. The molecule has 138 valence electrons. The standard InChI is InChI=1S/C23H40O/c1-16-11-22(3)13-20(22)9-18(16)7-5-6-8-24-15-19-10-21-14-23(21,4)12-17(19)2/h16-21H,5-15H2,1-4H3. The molecule has 4 rings (SSSR count). The van der Waals surface area contributed by atoms with Crippen molar-refractivity contribution >= 4 is 0 Å². The SMILES string of the molecule is CC1CC2(C)CC2CC1CCCCOCC1CC2CC2(C)CC1C. The third kappa shape index (κ3) is 3.44. The van der Waals surface area contributed by atoms with Crippen molar-refractivity contribution in [3.05, 3.63) is 0 Å². The van der Waals surface area contributed by atoms with E-state index in [4.69, 9.17) is 4.74 Å². The van der Waals surface area contributed by atoms with Gasteiger partial charge >= 0.3 is 0 Å². The molecule has 0 heterocycles. The topological polar surface area (TPSA) is 9.23 Å². The molecule has 0 aliphatic heterocycles. The van der Waals surface area contributed by atoms with Gasteiger partial charge in [0.05, 0.1) is 0 Å². The van der Waals surface area contributed by atoms with Gasteiger partial charge in [-0.3, -0.25) is 0 Å². The van der Waals surface area contributed by atoms with Crippen LogP contribution in [0.25, 0.3) is 0 Å². The maximum absolute atomic E-state index is 6.10. The van der Waals surface area contributed by atoms with Crippen molar-refractivity contribution in [2.75, 3.05) is 13.2 Å². The Bertz CT molecular complexity index is 417. The Morgan fingerprint density at radius 3 is 2.04 bits per heavy atom. The van der Waals surface area contributed by atoms with E-state index >= 15 is 0 Å². The summed E-state index contributed by atoms with van der Waals surface area (Å²) in [6.45, 7) is 12.0. The Balaban J connectivity index is 1.08. The number of fused-ring (bicyclic) bond motifs is 2. The summed E-state index contributed by atoms with van der Waals surface area (Å²) >= 11 is 0. The van der Waals surface area contributed by atoms with Gasteiger partial charge in [0.1, 0.15) is 0 Å². The molecule has 4 fully saturated rings. The summed E-state index contributed by atoms with van der Waals surface area (Å²) in [6.07, 6.45) is 13.1. The minimum Gasteiger partial charge on any atom is -0.381 e. The maximum Gasteiger partial charge on any atom is 0.0496 e. The van der Waals surface area contributed by atoms with E-state index in [0.29, 0.717) is 0 Å². The van der Waals surface area contributed by atoms with E-state index in [2.05, 4.69) is 27.7 Å². The molecule has 0 aromatic rings. The Hall–Kier alpha value is -0.0400. The quantitative estimate of drug-likeness (QED) is 0.496. The maximum atomic E-state index is 6.10. The van der Waals surface area contributed by atoms with E-state index in [1.807, 2.05) is 0 Å². The molecular weight excluding hydrogens is 292 g/mol. The van der Waals surface area contributed by atoms with Crippen LogP contribution in [0.15, 0.2) is 0 Å². The zero-order valence-electron chi connectivity index (χ0n) is 16.7. The minimum absolute atomic E-state index is 0.726. The van der Waals surface area contributed by atoms with Gasteiger partial charge in [-0.25, -0.2) is 0 Å². The van der Waals surface area contributed by atoms with Crippen molar-refractivity contribution in [3.63, 3.8) is 0 Å². The molecule has 0 saturated heterocycles. The third-order valence-electron chi connectivity index (χ3n) is 8.88. The van der Waals surface area contributed by atoms with Gasteiger partial charge in [-0.05, 0) is 91.3 Å². The van der Waals surface area contributed by atoms with Gasteiger partial charge in [-0.15, -0.1) is 0 Å². The molecule has 1 nitrogen and oxygen atoms in total. The third-order valence-corrected chi connectivity index (χ3v) is 8.88. The molecule has 4 saturated carbocycles.